The van der Waals surface area contributed by atoms with Crippen molar-refractivity contribution in [2.45, 2.75) is 26.7 Å². The van der Waals surface area contributed by atoms with Crippen molar-refractivity contribution in [1.82, 2.24) is 10.3 Å². The van der Waals surface area contributed by atoms with Crippen molar-refractivity contribution in [1.29, 1.82) is 0 Å². The minimum absolute atomic E-state index is 0.00817. The minimum atomic E-state index is -0.695. The molecule has 1 aromatic heterocycles. The number of carbonyl (C=O) groups excluding carboxylic acids is 2. The lowest BCUT2D eigenvalue weighted by Gasteiger charge is -2.37. The van der Waals surface area contributed by atoms with Crippen molar-refractivity contribution in [2.24, 2.45) is 5.41 Å². The highest BCUT2D eigenvalue weighted by molar-refractivity contribution is 5.84. The van der Waals surface area contributed by atoms with Crippen molar-refractivity contribution in [3.63, 3.8) is 0 Å². The van der Waals surface area contributed by atoms with E-state index in [1.165, 1.54) is 0 Å². The van der Waals surface area contributed by atoms with Gasteiger partial charge in [0.25, 0.3) is 0 Å². The van der Waals surface area contributed by atoms with Crippen LogP contribution in [0.4, 0.5) is 0 Å². The van der Waals surface area contributed by atoms with Crippen LogP contribution in [0.15, 0.2) is 60.7 Å². The standard InChI is InChI=1S/C25H24N2O3/c1-4-26-24(29)25(2,3)22-18-7-5-6-8-21(18)30-23-19(22)13-14-20(27-23)17-11-9-16(15-28)10-12-17/h5-15,22H,4H2,1-3H3,(H,26,29). The molecule has 1 unspecified atom stereocenters. The lowest BCUT2D eigenvalue weighted by molar-refractivity contribution is -0.130. The average Bonchev–Trinajstić information content (AvgIpc) is 2.77. The van der Waals surface area contributed by atoms with Crippen LogP contribution in [0.1, 0.15) is 48.2 Å². The fourth-order valence-corrected chi connectivity index (χ4v) is 4.03. The van der Waals surface area contributed by atoms with E-state index in [9.17, 15) is 9.59 Å². The normalized spacial score (nSPS) is 14.8. The first kappa shape index (κ1) is 19.8. The average molecular weight is 400 g/mol. The number of amides is 1. The summed E-state index contributed by atoms with van der Waals surface area (Å²) in [6.07, 6.45) is 0.818. The SMILES string of the molecule is CCNC(=O)C(C)(C)C1c2ccccc2Oc2nc(-c3ccc(C=O)cc3)ccc21. The molecule has 152 valence electrons. The Morgan fingerprint density at radius 1 is 1.07 bits per heavy atom. The van der Waals surface area contributed by atoms with Crippen molar-refractivity contribution >= 4 is 12.2 Å². The zero-order chi connectivity index (χ0) is 21.3. The molecule has 4 rings (SSSR count). The smallest absolute Gasteiger partial charge is 0.226 e. The molecule has 1 N–H and O–H groups in total. The van der Waals surface area contributed by atoms with Gasteiger partial charge in [-0.05, 0) is 19.1 Å². The number of carbonyl (C=O) groups is 2. The Bertz CT molecular complexity index is 1100. The highest BCUT2D eigenvalue weighted by atomic mass is 16.5. The second-order valence-electron chi connectivity index (χ2n) is 7.98. The molecule has 0 aliphatic carbocycles. The molecular weight excluding hydrogens is 376 g/mol. The first-order valence-electron chi connectivity index (χ1n) is 10.1. The molecule has 3 aromatic rings. The molecule has 0 radical (unpaired) electrons. The molecule has 1 atom stereocenters. The number of para-hydroxylation sites is 1. The van der Waals surface area contributed by atoms with Gasteiger partial charge in [0.15, 0.2) is 0 Å². The Hall–Kier alpha value is -3.47. The van der Waals surface area contributed by atoms with Gasteiger partial charge in [0.05, 0.1) is 11.1 Å². The van der Waals surface area contributed by atoms with Crippen LogP contribution in [0, 0.1) is 5.41 Å². The van der Waals surface area contributed by atoms with Gasteiger partial charge >= 0.3 is 0 Å². The molecule has 1 aliphatic heterocycles. The van der Waals surface area contributed by atoms with Gasteiger partial charge in [0.2, 0.25) is 11.8 Å². The van der Waals surface area contributed by atoms with Gasteiger partial charge in [-0.25, -0.2) is 4.98 Å². The Kier molecular flexibility index (Phi) is 5.12. The molecule has 0 saturated heterocycles. The molecule has 0 bridgehead atoms. The van der Waals surface area contributed by atoms with Gasteiger partial charge in [-0.3, -0.25) is 9.59 Å². The van der Waals surface area contributed by atoms with E-state index in [4.69, 9.17) is 9.72 Å². The van der Waals surface area contributed by atoms with Gasteiger partial charge in [-0.15, -0.1) is 0 Å². The summed E-state index contributed by atoms with van der Waals surface area (Å²) in [5.41, 5.74) is 3.43. The number of nitrogens with zero attached hydrogens (tertiary/aromatic N) is 1. The van der Waals surface area contributed by atoms with E-state index >= 15 is 0 Å². The zero-order valence-electron chi connectivity index (χ0n) is 17.3. The highest BCUT2D eigenvalue weighted by Gasteiger charge is 2.43. The number of aldehydes is 1. The molecule has 5 nitrogen and oxygen atoms in total. The second-order valence-corrected chi connectivity index (χ2v) is 7.98. The van der Waals surface area contributed by atoms with Crippen LogP contribution in [0.25, 0.3) is 11.3 Å². The maximum Gasteiger partial charge on any atom is 0.226 e. The van der Waals surface area contributed by atoms with Crippen LogP contribution in [-0.2, 0) is 4.79 Å². The summed E-state index contributed by atoms with van der Waals surface area (Å²) in [6, 6.07) is 19.0. The highest BCUT2D eigenvalue weighted by Crippen LogP contribution is 2.51. The third-order valence-electron chi connectivity index (χ3n) is 5.62. The van der Waals surface area contributed by atoms with Gasteiger partial charge in [-0.2, -0.15) is 0 Å². The maximum atomic E-state index is 12.9. The number of ether oxygens (including phenoxy) is 1. The van der Waals surface area contributed by atoms with Gasteiger partial charge in [0, 0.05) is 34.7 Å². The first-order chi connectivity index (χ1) is 14.5. The molecule has 2 heterocycles. The van der Waals surface area contributed by atoms with Crippen LogP contribution in [0.2, 0.25) is 0 Å². The Morgan fingerprint density at radius 2 is 1.80 bits per heavy atom. The van der Waals surface area contributed by atoms with Crippen LogP contribution >= 0.6 is 0 Å². The summed E-state index contributed by atoms with van der Waals surface area (Å²) in [5, 5.41) is 2.96. The summed E-state index contributed by atoms with van der Waals surface area (Å²) >= 11 is 0. The monoisotopic (exact) mass is 400 g/mol. The number of hydrogen-bond donors (Lipinski definition) is 1. The van der Waals surface area contributed by atoms with Crippen molar-refractivity contribution < 1.29 is 14.3 Å². The number of hydrogen-bond acceptors (Lipinski definition) is 4. The third-order valence-corrected chi connectivity index (χ3v) is 5.62. The molecule has 0 fully saturated rings. The molecular formula is C25H24N2O3. The van der Waals surface area contributed by atoms with Gasteiger partial charge in [-0.1, -0.05) is 62.4 Å². The topological polar surface area (TPSA) is 68.3 Å². The zero-order valence-corrected chi connectivity index (χ0v) is 17.3. The van der Waals surface area contributed by atoms with E-state index in [2.05, 4.69) is 5.32 Å². The first-order valence-corrected chi connectivity index (χ1v) is 10.1. The Morgan fingerprint density at radius 3 is 2.50 bits per heavy atom. The fraction of sp³-hybridized carbons (Fsp3) is 0.240. The van der Waals surface area contributed by atoms with E-state index in [1.807, 2.05) is 69.3 Å². The van der Waals surface area contributed by atoms with E-state index in [1.54, 1.807) is 12.1 Å². The third kappa shape index (κ3) is 3.36. The Balaban J connectivity index is 1.82. The van der Waals surface area contributed by atoms with E-state index < -0.39 is 5.41 Å². The number of aromatic nitrogens is 1. The number of pyridine rings is 1. The summed E-state index contributed by atoms with van der Waals surface area (Å²) in [4.78, 5) is 28.6. The number of nitrogens with one attached hydrogen (secondary N) is 1. The lowest BCUT2D eigenvalue weighted by Crippen LogP contribution is -2.42. The molecule has 0 spiro atoms. The van der Waals surface area contributed by atoms with Crippen LogP contribution in [-0.4, -0.2) is 23.7 Å². The van der Waals surface area contributed by atoms with Gasteiger partial charge in [0.1, 0.15) is 12.0 Å². The number of benzene rings is 2. The summed E-state index contributed by atoms with van der Waals surface area (Å²) in [6.45, 7) is 6.42. The lowest BCUT2D eigenvalue weighted by atomic mass is 9.69. The van der Waals surface area contributed by atoms with Crippen LogP contribution < -0.4 is 10.1 Å². The minimum Gasteiger partial charge on any atom is -0.438 e. The molecule has 1 aliphatic rings. The van der Waals surface area contributed by atoms with E-state index in [-0.39, 0.29) is 11.8 Å². The summed E-state index contributed by atoms with van der Waals surface area (Å²) in [5.74, 6) is 1.02. The Labute approximate surface area is 176 Å². The van der Waals surface area contributed by atoms with Crippen molar-refractivity contribution in [3.05, 3.63) is 77.4 Å². The molecule has 1 amide bonds. The van der Waals surface area contributed by atoms with Gasteiger partial charge < -0.3 is 10.1 Å². The quantitative estimate of drug-likeness (QED) is 0.615. The van der Waals surface area contributed by atoms with Crippen LogP contribution in [0.5, 0.6) is 11.6 Å². The van der Waals surface area contributed by atoms with E-state index in [0.717, 1.165) is 28.7 Å². The maximum absolute atomic E-state index is 12.9. The largest absolute Gasteiger partial charge is 0.438 e. The predicted molar refractivity (Wildman–Crippen MR) is 116 cm³/mol. The van der Waals surface area contributed by atoms with Crippen molar-refractivity contribution in [2.75, 3.05) is 6.54 Å². The molecule has 2 aromatic carbocycles. The molecule has 30 heavy (non-hydrogen) atoms. The number of rotatable bonds is 5. The summed E-state index contributed by atoms with van der Waals surface area (Å²) < 4.78 is 6.15. The molecule has 0 saturated carbocycles. The van der Waals surface area contributed by atoms with E-state index in [0.29, 0.717) is 23.7 Å². The van der Waals surface area contributed by atoms with Crippen LogP contribution in [0.3, 0.4) is 0 Å². The number of fused-ring (bicyclic) bond motifs is 2. The fourth-order valence-electron chi connectivity index (χ4n) is 4.03. The van der Waals surface area contributed by atoms with Crippen molar-refractivity contribution in [3.8, 4) is 22.9 Å². The predicted octanol–water partition coefficient (Wildman–Crippen LogP) is 4.96. The second kappa shape index (κ2) is 7.75. The summed E-state index contributed by atoms with van der Waals surface area (Å²) in [7, 11) is 0. The molecule has 5 heteroatoms.